The van der Waals surface area contributed by atoms with Gasteiger partial charge in [0, 0.05) is 34.6 Å². The van der Waals surface area contributed by atoms with Gasteiger partial charge in [0.1, 0.15) is 0 Å². The van der Waals surface area contributed by atoms with E-state index in [-0.39, 0.29) is 11.6 Å². The summed E-state index contributed by atoms with van der Waals surface area (Å²) in [6, 6.07) is 19.1. The van der Waals surface area contributed by atoms with Gasteiger partial charge in [-0.1, -0.05) is 34.1 Å². The number of halogens is 1. The van der Waals surface area contributed by atoms with Crippen LogP contribution in [0.15, 0.2) is 83.5 Å². The maximum Gasteiger partial charge on any atom is 0.270 e. The van der Waals surface area contributed by atoms with Crippen LogP contribution in [-0.2, 0) is 11.3 Å². The van der Waals surface area contributed by atoms with Crippen molar-refractivity contribution in [3.05, 3.63) is 105 Å². The topological polar surface area (TPSA) is 76.3 Å². The SMILES string of the molecule is O=C(/C=C/c1cccc([N+](=O)[O-])c1)N(Cc1ccccn1)c1ccc(Br)cc1. The summed E-state index contributed by atoms with van der Waals surface area (Å²) in [4.78, 5) is 29.2. The van der Waals surface area contributed by atoms with E-state index >= 15 is 0 Å². The van der Waals surface area contributed by atoms with Crippen LogP contribution in [0.2, 0.25) is 0 Å². The van der Waals surface area contributed by atoms with Gasteiger partial charge in [0.2, 0.25) is 0 Å². The molecule has 140 valence electrons. The summed E-state index contributed by atoms with van der Waals surface area (Å²) in [6.07, 6.45) is 4.65. The molecule has 0 unspecified atom stereocenters. The Morgan fingerprint density at radius 1 is 1.11 bits per heavy atom. The molecule has 0 bridgehead atoms. The lowest BCUT2D eigenvalue weighted by atomic mass is 10.2. The summed E-state index contributed by atoms with van der Waals surface area (Å²) in [5, 5.41) is 10.9. The molecule has 1 heterocycles. The third kappa shape index (κ3) is 5.11. The van der Waals surface area contributed by atoms with Crippen molar-refractivity contribution >= 4 is 39.3 Å². The summed E-state index contributed by atoms with van der Waals surface area (Å²) in [5.74, 6) is -0.250. The summed E-state index contributed by atoms with van der Waals surface area (Å²) in [6.45, 7) is 0.306. The molecule has 1 amide bonds. The molecular formula is C21H16BrN3O3. The van der Waals surface area contributed by atoms with E-state index < -0.39 is 4.92 Å². The van der Waals surface area contributed by atoms with Crippen LogP contribution in [0.3, 0.4) is 0 Å². The molecule has 7 heteroatoms. The van der Waals surface area contributed by atoms with E-state index in [9.17, 15) is 14.9 Å². The zero-order valence-electron chi connectivity index (χ0n) is 14.7. The van der Waals surface area contributed by atoms with Gasteiger partial charge in [-0.3, -0.25) is 19.9 Å². The van der Waals surface area contributed by atoms with Crippen molar-refractivity contribution in [1.82, 2.24) is 4.98 Å². The minimum atomic E-state index is -0.464. The Hall–Kier alpha value is -3.32. The molecule has 0 aliphatic heterocycles. The van der Waals surface area contributed by atoms with Crippen molar-refractivity contribution in [1.29, 1.82) is 0 Å². The average molecular weight is 438 g/mol. The molecule has 0 saturated carbocycles. The fourth-order valence-electron chi connectivity index (χ4n) is 2.57. The number of hydrogen-bond acceptors (Lipinski definition) is 4. The standard InChI is InChI=1S/C21H16BrN3O3/c22-17-8-10-19(11-9-17)24(15-18-5-1-2-13-23-18)21(26)12-7-16-4-3-6-20(14-16)25(27)28/h1-14H,15H2/b12-7+. The van der Waals surface area contributed by atoms with Crippen molar-refractivity contribution in [2.75, 3.05) is 4.90 Å². The quantitative estimate of drug-likeness (QED) is 0.308. The molecule has 6 nitrogen and oxygen atoms in total. The fraction of sp³-hybridized carbons (Fsp3) is 0.0476. The number of aromatic nitrogens is 1. The molecule has 0 saturated heterocycles. The highest BCUT2D eigenvalue weighted by Gasteiger charge is 2.15. The van der Waals surface area contributed by atoms with Gasteiger partial charge in [-0.15, -0.1) is 0 Å². The van der Waals surface area contributed by atoms with E-state index in [1.165, 1.54) is 18.2 Å². The van der Waals surface area contributed by atoms with Gasteiger partial charge in [0.15, 0.2) is 0 Å². The van der Waals surface area contributed by atoms with Gasteiger partial charge in [-0.05, 0) is 48.0 Å². The minimum Gasteiger partial charge on any atom is -0.303 e. The number of hydrogen-bond donors (Lipinski definition) is 0. The Kier molecular flexibility index (Phi) is 6.29. The summed E-state index contributed by atoms with van der Waals surface area (Å²) in [5.41, 5.74) is 2.04. The van der Waals surface area contributed by atoms with Crippen molar-refractivity contribution in [3.63, 3.8) is 0 Å². The Bertz CT molecular complexity index is 1000. The van der Waals surface area contributed by atoms with Crippen LogP contribution >= 0.6 is 15.9 Å². The first-order valence-electron chi connectivity index (χ1n) is 8.42. The van der Waals surface area contributed by atoms with Crippen LogP contribution in [0.4, 0.5) is 11.4 Å². The maximum atomic E-state index is 12.9. The molecule has 0 fully saturated rings. The first-order chi connectivity index (χ1) is 13.5. The summed E-state index contributed by atoms with van der Waals surface area (Å²) >= 11 is 3.39. The van der Waals surface area contributed by atoms with Gasteiger partial charge >= 0.3 is 0 Å². The molecule has 0 aliphatic carbocycles. The lowest BCUT2D eigenvalue weighted by Gasteiger charge is -2.21. The third-order valence-corrected chi connectivity index (χ3v) is 4.48. The molecular weight excluding hydrogens is 422 g/mol. The second-order valence-electron chi connectivity index (χ2n) is 5.91. The number of pyridine rings is 1. The molecule has 3 rings (SSSR count). The Labute approximate surface area is 170 Å². The van der Waals surface area contributed by atoms with Gasteiger partial charge in [-0.25, -0.2) is 0 Å². The fourth-order valence-corrected chi connectivity index (χ4v) is 2.83. The molecule has 28 heavy (non-hydrogen) atoms. The van der Waals surface area contributed by atoms with Crippen molar-refractivity contribution < 1.29 is 9.72 Å². The molecule has 3 aromatic rings. The maximum absolute atomic E-state index is 12.9. The van der Waals surface area contributed by atoms with Crippen LogP contribution < -0.4 is 4.90 Å². The Morgan fingerprint density at radius 2 is 1.89 bits per heavy atom. The Morgan fingerprint density at radius 3 is 2.57 bits per heavy atom. The third-order valence-electron chi connectivity index (χ3n) is 3.95. The van der Waals surface area contributed by atoms with Crippen LogP contribution in [0, 0.1) is 10.1 Å². The smallest absolute Gasteiger partial charge is 0.270 e. The average Bonchev–Trinajstić information content (AvgIpc) is 2.72. The van der Waals surface area contributed by atoms with Crippen LogP contribution in [0.1, 0.15) is 11.3 Å². The second kappa shape index (κ2) is 9.05. The number of nitrogens with zero attached hydrogens (tertiary/aromatic N) is 3. The molecule has 0 aliphatic rings. The molecule has 1 aromatic heterocycles. The van der Waals surface area contributed by atoms with E-state index in [4.69, 9.17) is 0 Å². The molecule has 0 radical (unpaired) electrons. The number of benzene rings is 2. The van der Waals surface area contributed by atoms with E-state index in [1.54, 1.807) is 29.3 Å². The lowest BCUT2D eigenvalue weighted by Crippen LogP contribution is -2.29. The molecule has 0 N–H and O–H groups in total. The zero-order valence-corrected chi connectivity index (χ0v) is 16.3. The van der Waals surface area contributed by atoms with Crippen molar-refractivity contribution in [2.45, 2.75) is 6.54 Å². The number of carbonyl (C=O) groups excluding carboxylic acids is 1. The van der Waals surface area contributed by atoms with Gasteiger partial charge in [-0.2, -0.15) is 0 Å². The van der Waals surface area contributed by atoms with Crippen molar-refractivity contribution in [2.24, 2.45) is 0 Å². The summed E-state index contributed by atoms with van der Waals surface area (Å²) < 4.78 is 0.911. The van der Waals surface area contributed by atoms with E-state index in [1.807, 2.05) is 42.5 Å². The van der Waals surface area contributed by atoms with Crippen LogP contribution in [-0.4, -0.2) is 15.8 Å². The lowest BCUT2D eigenvalue weighted by molar-refractivity contribution is -0.384. The van der Waals surface area contributed by atoms with Crippen LogP contribution in [0.5, 0.6) is 0 Å². The highest BCUT2D eigenvalue weighted by atomic mass is 79.9. The first kappa shape index (κ1) is 19.4. The number of anilines is 1. The van der Waals surface area contributed by atoms with E-state index in [2.05, 4.69) is 20.9 Å². The van der Waals surface area contributed by atoms with Crippen LogP contribution in [0.25, 0.3) is 6.08 Å². The van der Waals surface area contributed by atoms with Gasteiger partial charge in [0.05, 0.1) is 17.2 Å². The number of amides is 1. The van der Waals surface area contributed by atoms with E-state index in [0.717, 1.165) is 15.9 Å². The minimum absolute atomic E-state index is 0.0205. The first-order valence-corrected chi connectivity index (χ1v) is 9.22. The normalized spacial score (nSPS) is 10.8. The molecule has 0 atom stereocenters. The Balaban J connectivity index is 1.86. The number of nitro groups is 1. The number of non-ortho nitro benzene ring substituents is 1. The largest absolute Gasteiger partial charge is 0.303 e. The predicted molar refractivity (Wildman–Crippen MR) is 112 cm³/mol. The highest BCUT2D eigenvalue weighted by Crippen LogP contribution is 2.21. The van der Waals surface area contributed by atoms with Gasteiger partial charge in [0.25, 0.3) is 11.6 Å². The number of nitro benzene ring substituents is 1. The number of rotatable bonds is 6. The number of carbonyl (C=O) groups is 1. The highest BCUT2D eigenvalue weighted by molar-refractivity contribution is 9.10. The zero-order chi connectivity index (χ0) is 19.9. The molecule has 0 spiro atoms. The van der Waals surface area contributed by atoms with Gasteiger partial charge < -0.3 is 4.90 Å². The van der Waals surface area contributed by atoms with Crippen molar-refractivity contribution in [3.8, 4) is 0 Å². The van der Waals surface area contributed by atoms with E-state index in [0.29, 0.717) is 12.1 Å². The molecule has 2 aromatic carbocycles. The predicted octanol–water partition coefficient (Wildman–Crippen LogP) is 5.00. The monoisotopic (exact) mass is 437 g/mol. The second-order valence-corrected chi connectivity index (χ2v) is 6.82. The summed E-state index contributed by atoms with van der Waals surface area (Å²) in [7, 11) is 0.